The van der Waals surface area contributed by atoms with Crippen LogP contribution in [-0.2, 0) is 11.9 Å². The molecule has 0 aliphatic carbocycles. The standard InChI is InChI=1S/C18H13F3N4O2S/c1-26-14-4-2-11(8-13(14)18(19,20)21)10-28-17-24-23-16(27-17)12-3-5-15-22-6-7-25(15)9-12/h2-9H,10H2,1H3. The SMILES string of the molecule is COc1ccc(CSc2nnc(-c3ccc4nccn4c3)o2)cc1C(F)(F)F. The zero-order chi connectivity index (χ0) is 19.7. The molecule has 4 aromatic rings. The normalized spacial score (nSPS) is 11.9. The van der Waals surface area contributed by atoms with Crippen LogP contribution in [0.3, 0.4) is 0 Å². The number of pyridine rings is 1. The lowest BCUT2D eigenvalue weighted by Gasteiger charge is -2.13. The molecule has 0 amide bonds. The molecule has 0 spiro atoms. The van der Waals surface area contributed by atoms with E-state index >= 15 is 0 Å². The molecule has 0 N–H and O–H groups in total. The van der Waals surface area contributed by atoms with E-state index in [0.29, 0.717) is 17.0 Å². The predicted octanol–water partition coefficient (Wildman–Crippen LogP) is 4.70. The lowest BCUT2D eigenvalue weighted by atomic mass is 10.1. The zero-order valence-electron chi connectivity index (χ0n) is 14.5. The average molecular weight is 406 g/mol. The van der Waals surface area contributed by atoms with Gasteiger partial charge in [-0.2, -0.15) is 13.2 Å². The van der Waals surface area contributed by atoms with Crippen LogP contribution in [0.4, 0.5) is 13.2 Å². The van der Waals surface area contributed by atoms with Crippen molar-refractivity contribution in [1.29, 1.82) is 0 Å². The van der Waals surface area contributed by atoms with E-state index < -0.39 is 11.7 Å². The molecule has 0 saturated heterocycles. The fourth-order valence-corrected chi connectivity index (χ4v) is 3.35. The van der Waals surface area contributed by atoms with Gasteiger partial charge in [0.05, 0.1) is 18.2 Å². The Balaban J connectivity index is 1.50. The number of ether oxygens (including phenoxy) is 1. The minimum Gasteiger partial charge on any atom is -0.496 e. The molecule has 3 aromatic heterocycles. The molecular formula is C18H13F3N4O2S. The molecule has 3 heterocycles. The van der Waals surface area contributed by atoms with Gasteiger partial charge in [0.2, 0.25) is 5.89 Å². The summed E-state index contributed by atoms with van der Waals surface area (Å²) < 4.78 is 51.6. The molecule has 0 saturated carbocycles. The van der Waals surface area contributed by atoms with Crippen molar-refractivity contribution in [3.63, 3.8) is 0 Å². The third-order valence-electron chi connectivity index (χ3n) is 3.97. The summed E-state index contributed by atoms with van der Waals surface area (Å²) in [7, 11) is 1.21. The summed E-state index contributed by atoms with van der Waals surface area (Å²) in [6.45, 7) is 0. The van der Waals surface area contributed by atoms with Gasteiger partial charge >= 0.3 is 6.18 Å². The Morgan fingerprint density at radius 1 is 1.18 bits per heavy atom. The molecule has 28 heavy (non-hydrogen) atoms. The van der Waals surface area contributed by atoms with Crippen molar-refractivity contribution in [3.8, 4) is 17.2 Å². The number of thioether (sulfide) groups is 1. The van der Waals surface area contributed by atoms with Gasteiger partial charge in [-0.3, -0.25) is 0 Å². The molecular weight excluding hydrogens is 393 g/mol. The summed E-state index contributed by atoms with van der Waals surface area (Å²) in [6.07, 6.45) is 0.796. The second-order valence-electron chi connectivity index (χ2n) is 5.80. The molecule has 10 heteroatoms. The highest BCUT2D eigenvalue weighted by molar-refractivity contribution is 7.98. The molecule has 4 rings (SSSR count). The van der Waals surface area contributed by atoms with Crippen LogP contribution in [0.2, 0.25) is 0 Å². The first-order valence-electron chi connectivity index (χ1n) is 8.07. The Bertz CT molecular complexity index is 1120. The van der Waals surface area contributed by atoms with Gasteiger partial charge in [0.1, 0.15) is 11.4 Å². The third-order valence-corrected chi connectivity index (χ3v) is 4.86. The summed E-state index contributed by atoms with van der Waals surface area (Å²) >= 11 is 1.16. The molecule has 0 unspecified atom stereocenters. The molecule has 144 valence electrons. The van der Waals surface area contributed by atoms with Crippen molar-refractivity contribution in [1.82, 2.24) is 19.6 Å². The van der Waals surface area contributed by atoms with Crippen molar-refractivity contribution in [3.05, 3.63) is 60.0 Å². The molecule has 6 nitrogen and oxygen atoms in total. The molecule has 1 aromatic carbocycles. The number of fused-ring (bicyclic) bond motifs is 1. The summed E-state index contributed by atoms with van der Waals surface area (Å²) in [5, 5.41) is 8.23. The Labute approximate surface area is 161 Å². The fraction of sp³-hybridized carbons (Fsp3) is 0.167. The fourth-order valence-electron chi connectivity index (χ4n) is 2.64. The van der Waals surface area contributed by atoms with E-state index in [1.165, 1.54) is 13.2 Å². The van der Waals surface area contributed by atoms with E-state index in [9.17, 15) is 13.2 Å². The van der Waals surface area contributed by atoms with Gasteiger partial charge in [-0.25, -0.2) is 4.98 Å². The third kappa shape index (κ3) is 3.68. The first kappa shape index (κ1) is 18.4. The van der Waals surface area contributed by atoms with E-state index in [-0.39, 0.29) is 16.7 Å². The number of methoxy groups -OCH3 is 1. The summed E-state index contributed by atoms with van der Waals surface area (Å²) in [4.78, 5) is 4.16. The highest BCUT2D eigenvalue weighted by Gasteiger charge is 2.34. The molecule has 0 radical (unpaired) electrons. The van der Waals surface area contributed by atoms with Gasteiger partial charge in [0, 0.05) is 24.3 Å². The Kier molecular flexibility index (Phi) is 4.71. The van der Waals surface area contributed by atoms with Crippen LogP contribution >= 0.6 is 11.8 Å². The lowest BCUT2D eigenvalue weighted by molar-refractivity contribution is -0.138. The van der Waals surface area contributed by atoms with E-state index in [1.807, 2.05) is 22.7 Å². The number of alkyl halides is 3. The highest BCUT2D eigenvalue weighted by atomic mass is 32.2. The van der Waals surface area contributed by atoms with E-state index in [4.69, 9.17) is 9.15 Å². The Hall–Kier alpha value is -3.01. The Morgan fingerprint density at radius 2 is 2.04 bits per heavy atom. The van der Waals surface area contributed by atoms with Gasteiger partial charge in [-0.05, 0) is 29.8 Å². The maximum atomic E-state index is 13.1. The molecule has 0 aliphatic heterocycles. The smallest absolute Gasteiger partial charge is 0.419 e. The number of benzene rings is 1. The summed E-state index contributed by atoms with van der Waals surface area (Å²) in [5.74, 6) is 0.356. The average Bonchev–Trinajstić information content (AvgIpc) is 3.34. The van der Waals surface area contributed by atoms with Gasteiger partial charge in [0.15, 0.2) is 0 Å². The quantitative estimate of drug-likeness (QED) is 0.448. The second kappa shape index (κ2) is 7.19. The van der Waals surface area contributed by atoms with E-state index in [1.54, 1.807) is 18.5 Å². The molecule has 0 aliphatic rings. The monoisotopic (exact) mass is 406 g/mol. The number of rotatable bonds is 5. The van der Waals surface area contributed by atoms with Gasteiger partial charge in [0.25, 0.3) is 5.22 Å². The van der Waals surface area contributed by atoms with Gasteiger partial charge in [-0.15, -0.1) is 10.2 Å². The predicted molar refractivity (Wildman–Crippen MR) is 96.0 cm³/mol. The summed E-state index contributed by atoms with van der Waals surface area (Å²) in [5.41, 5.74) is 1.16. The summed E-state index contributed by atoms with van der Waals surface area (Å²) in [6, 6.07) is 7.57. The number of aromatic nitrogens is 4. The van der Waals surface area contributed by atoms with Crippen LogP contribution in [0.5, 0.6) is 5.75 Å². The van der Waals surface area contributed by atoms with Crippen LogP contribution in [-0.4, -0.2) is 26.7 Å². The van der Waals surface area contributed by atoms with Gasteiger partial charge < -0.3 is 13.6 Å². The van der Waals surface area contributed by atoms with E-state index in [0.717, 1.165) is 23.5 Å². The number of halogens is 3. The molecule has 0 bridgehead atoms. The van der Waals surface area contributed by atoms with Crippen LogP contribution in [0, 0.1) is 0 Å². The zero-order valence-corrected chi connectivity index (χ0v) is 15.3. The maximum Gasteiger partial charge on any atom is 0.419 e. The second-order valence-corrected chi connectivity index (χ2v) is 6.73. The van der Waals surface area contributed by atoms with Crippen LogP contribution in [0.1, 0.15) is 11.1 Å². The van der Waals surface area contributed by atoms with Crippen molar-refractivity contribution in [2.24, 2.45) is 0 Å². The largest absolute Gasteiger partial charge is 0.496 e. The molecule has 0 atom stereocenters. The topological polar surface area (TPSA) is 65.5 Å². The van der Waals surface area contributed by atoms with Crippen molar-refractivity contribution >= 4 is 17.4 Å². The van der Waals surface area contributed by atoms with Crippen molar-refractivity contribution < 1.29 is 22.3 Å². The maximum absolute atomic E-state index is 13.1. The minimum absolute atomic E-state index is 0.212. The number of nitrogens with zero attached hydrogens (tertiary/aromatic N) is 4. The first-order valence-corrected chi connectivity index (χ1v) is 9.06. The van der Waals surface area contributed by atoms with Crippen LogP contribution in [0.25, 0.3) is 17.1 Å². The Morgan fingerprint density at radius 3 is 2.82 bits per heavy atom. The van der Waals surface area contributed by atoms with Crippen molar-refractivity contribution in [2.75, 3.05) is 7.11 Å². The minimum atomic E-state index is -4.49. The lowest BCUT2D eigenvalue weighted by Crippen LogP contribution is -2.08. The highest BCUT2D eigenvalue weighted by Crippen LogP contribution is 2.37. The molecule has 0 fully saturated rings. The van der Waals surface area contributed by atoms with Gasteiger partial charge in [-0.1, -0.05) is 17.8 Å². The first-order chi connectivity index (χ1) is 13.4. The number of hydrogen-bond donors (Lipinski definition) is 0. The van der Waals surface area contributed by atoms with Crippen molar-refractivity contribution in [2.45, 2.75) is 17.2 Å². The van der Waals surface area contributed by atoms with Crippen LogP contribution < -0.4 is 4.74 Å². The van der Waals surface area contributed by atoms with E-state index in [2.05, 4.69) is 15.2 Å². The number of imidazole rings is 1. The number of hydrogen-bond acceptors (Lipinski definition) is 6. The van der Waals surface area contributed by atoms with Crippen LogP contribution in [0.15, 0.2) is 58.6 Å².